The molecule has 0 radical (unpaired) electrons. The number of likely N-dealkylation sites (N-methyl/N-ethyl adjacent to an activating group) is 1. The van der Waals surface area contributed by atoms with E-state index in [4.69, 9.17) is 0 Å². The van der Waals surface area contributed by atoms with Gasteiger partial charge in [0.15, 0.2) is 0 Å². The summed E-state index contributed by atoms with van der Waals surface area (Å²) in [6.45, 7) is 10.6. The molecule has 1 aliphatic rings. The van der Waals surface area contributed by atoms with Crippen LogP contribution in [0.15, 0.2) is 30.3 Å². The third-order valence-electron chi connectivity index (χ3n) is 4.32. The van der Waals surface area contributed by atoms with Gasteiger partial charge < -0.3 is 10.2 Å². The van der Waals surface area contributed by atoms with E-state index in [2.05, 4.69) is 59.4 Å². The highest BCUT2D eigenvalue weighted by Gasteiger charge is 2.11. The average Bonchev–Trinajstić information content (AvgIpc) is 2.52. The van der Waals surface area contributed by atoms with Crippen LogP contribution in [0, 0.1) is 0 Å². The third-order valence-corrected chi connectivity index (χ3v) is 4.32. The lowest BCUT2D eigenvalue weighted by Crippen LogP contribution is -2.46. The number of nitrogens with one attached hydrogen (secondary N) is 1. The van der Waals surface area contributed by atoms with Gasteiger partial charge in [-0.05, 0) is 31.5 Å². The number of piperazine rings is 1. The van der Waals surface area contributed by atoms with Gasteiger partial charge in [-0.25, -0.2) is 0 Å². The molecule has 0 bridgehead atoms. The fourth-order valence-electron chi connectivity index (χ4n) is 2.72. The lowest BCUT2D eigenvalue weighted by molar-refractivity contribution is 0.203. The predicted molar refractivity (Wildman–Crippen MR) is 86.3 cm³/mol. The molecular formula is C17H29N3. The van der Waals surface area contributed by atoms with Gasteiger partial charge >= 0.3 is 0 Å². The van der Waals surface area contributed by atoms with Gasteiger partial charge in [0.05, 0.1) is 0 Å². The van der Waals surface area contributed by atoms with Gasteiger partial charge in [0.2, 0.25) is 0 Å². The number of benzene rings is 1. The standard InChI is InChI=1S/C17H29N3/c1-16(17-6-4-3-5-7-17)8-11-19(2)14-15-20-12-9-18-10-13-20/h3-7,16,18H,8-15H2,1-2H3. The lowest BCUT2D eigenvalue weighted by Gasteiger charge is -2.29. The molecule has 1 unspecified atom stereocenters. The van der Waals surface area contributed by atoms with Gasteiger partial charge in [0.25, 0.3) is 0 Å². The number of hydrogen-bond donors (Lipinski definition) is 1. The Kier molecular flexibility index (Phi) is 6.51. The molecule has 1 aromatic carbocycles. The molecule has 3 heteroatoms. The molecule has 1 aromatic rings. The Morgan fingerprint density at radius 3 is 2.55 bits per heavy atom. The number of hydrogen-bond acceptors (Lipinski definition) is 3. The van der Waals surface area contributed by atoms with E-state index in [0.717, 1.165) is 13.1 Å². The molecule has 1 heterocycles. The van der Waals surface area contributed by atoms with Crippen LogP contribution in [0.5, 0.6) is 0 Å². The van der Waals surface area contributed by atoms with Crippen molar-refractivity contribution in [3.63, 3.8) is 0 Å². The van der Waals surface area contributed by atoms with Crippen LogP contribution in [-0.4, -0.2) is 62.7 Å². The second-order valence-corrected chi connectivity index (χ2v) is 6.00. The number of nitrogens with zero attached hydrogens (tertiary/aromatic N) is 2. The zero-order chi connectivity index (χ0) is 14.2. The van der Waals surface area contributed by atoms with E-state index < -0.39 is 0 Å². The van der Waals surface area contributed by atoms with Crippen LogP contribution in [0.25, 0.3) is 0 Å². The summed E-state index contributed by atoms with van der Waals surface area (Å²) in [6, 6.07) is 10.9. The minimum absolute atomic E-state index is 0.651. The second kappa shape index (κ2) is 8.40. The summed E-state index contributed by atoms with van der Waals surface area (Å²) >= 11 is 0. The van der Waals surface area contributed by atoms with E-state index in [9.17, 15) is 0 Å². The Balaban J connectivity index is 1.63. The minimum Gasteiger partial charge on any atom is -0.314 e. The molecule has 1 aliphatic heterocycles. The summed E-state index contributed by atoms with van der Waals surface area (Å²) in [4.78, 5) is 5.04. The van der Waals surface area contributed by atoms with Crippen molar-refractivity contribution in [1.82, 2.24) is 15.1 Å². The summed E-state index contributed by atoms with van der Waals surface area (Å²) in [6.07, 6.45) is 1.24. The van der Waals surface area contributed by atoms with Gasteiger partial charge in [-0.2, -0.15) is 0 Å². The Bertz CT molecular complexity index is 360. The van der Waals surface area contributed by atoms with Crippen LogP contribution in [0.4, 0.5) is 0 Å². The third kappa shape index (κ3) is 5.23. The molecule has 0 aromatic heterocycles. The van der Waals surface area contributed by atoms with Gasteiger partial charge in [-0.15, -0.1) is 0 Å². The van der Waals surface area contributed by atoms with Crippen LogP contribution < -0.4 is 5.32 Å². The topological polar surface area (TPSA) is 18.5 Å². The Hall–Kier alpha value is -0.900. The maximum Gasteiger partial charge on any atom is 0.0110 e. The molecule has 1 saturated heterocycles. The smallest absolute Gasteiger partial charge is 0.0110 e. The first kappa shape index (κ1) is 15.5. The molecule has 112 valence electrons. The van der Waals surface area contributed by atoms with Crippen LogP contribution in [0.3, 0.4) is 0 Å². The molecule has 0 amide bonds. The summed E-state index contributed by atoms with van der Waals surface area (Å²) in [5, 5.41) is 3.41. The molecule has 0 saturated carbocycles. The second-order valence-electron chi connectivity index (χ2n) is 6.00. The predicted octanol–water partition coefficient (Wildman–Crippen LogP) is 2.02. The highest BCUT2D eigenvalue weighted by molar-refractivity contribution is 5.18. The monoisotopic (exact) mass is 275 g/mol. The highest BCUT2D eigenvalue weighted by Crippen LogP contribution is 2.18. The van der Waals surface area contributed by atoms with Crippen molar-refractivity contribution in [2.75, 3.05) is 52.9 Å². The van der Waals surface area contributed by atoms with Crippen LogP contribution in [0.1, 0.15) is 24.8 Å². The maximum absolute atomic E-state index is 3.41. The van der Waals surface area contributed by atoms with Crippen LogP contribution in [-0.2, 0) is 0 Å². The minimum atomic E-state index is 0.651. The normalized spacial score (nSPS) is 18.4. The van der Waals surface area contributed by atoms with E-state index in [0.29, 0.717) is 5.92 Å². The number of rotatable bonds is 7. The van der Waals surface area contributed by atoms with E-state index >= 15 is 0 Å². The summed E-state index contributed by atoms with van der Waals surface area (Å²) in [5.41, 5.74) is 1.46. The lowest BCUT2D eigenvalue weighted by atomic mass is 9.98. The van der Waals surface area contributed by atoms with Crippen molar-refractivity contribution in [3.05, 3.63) is 35.9 Å². The summed E-state index contributed by atoms with van der Waals surface area (Å²) < 4.78 is 0. The zero-order valence-corrected chi connectivity index (χ0v) is 13.0. The van der Waals surface area contributed by atoms with E-state index in [1.165, 1.54) is 44.7 Å². The van der Waals surface area contributed by atoms with Crippen LogP contribution in [0.2, 0.25) is 0 Å². The van der Waals surface area contributed by atoms with E-state index in [-0.39, 0.29) is 0 Å². The molecule has 20 heavy (non-hydrogen) atoms. The van der Waals surface area contributed by atoms with Gasteiger partial charge in [0.1, 0.15) is 0 Å². The SMILES string of the molecule is CC(CCN(C)CCN1CCNCC1)c1ccccc1. The fourth-order valence-corrected chi connectivity index (χ4v) is 2.72. The van der Waals surface area contributed by atoms with Gasteiger partial charge in [-0.3, -0.25) is 4.90 Å². The molecule has 0 spiro atoms. The maximum atomic E-state index is 3.41. The van der Waals surface area contributed by atoms with Crippen LogP contribution >= 0.6 is 0 Å². The molecule has 2 rings (SSSR count). The first-order valence-electron chi connectivity index (χ1n) is 7.92. The van der Waals surface area contributed by atoms with Crippen molar-refractivity contribution < 1.29 is 0 Å². The van der Waals surface area contributed by atoms with Crippen molar-refractivity contribution in [3.8, 4) is 0 Å². The summed E-state index contributed by atoms with van der Waals surface area (Å²) in [7, 11) is 2.25. The molecule has 1 atom stereocenters. The quantitative estimate of drug-likeness (QED) is 0.821. The summed E-state index contributed by atoms with van der Waals surface area (Å²) in [5.74, 6) is 0.651. The first-order valence-corrected chi connectivity index (χ1v) is 7.92. The molecule has 0 aliphatic carbocycles. The van der Waals surface area contributed by atoms with Crippen molar-refractivity contribution in [2.45, 2.75) is 19.3 Å². The van der Waals surface area contributed by atoms with Gasteiger partial charge in [0, 0.05) is 39.3 Å². The van der Waals surface area contributed by atoms with E-state index in [1.54, 1.807) is 0 Å². The first-order chi connectivity index (χ1) is 9.75. The zero-order valence-electron chi connectivity index (χ0n) is 13.0. The Morgan fingerprint density at radius 2 is 1.85 bits per heavy atom. The molecule has 1 fully saturated rings. The van der Waals surface area contributed by atoms with Crippen molar-refractivity contribution in [1.29, 1.82) is 0 Å². The van der Waals surface area contributed by atoms with E-state index in [1.807, 2.05) is 0 Å². The van der Waals surface area contributed by atoms with Crippen molar-refractivity contribution in [2.24, 2.45) is 0 Å². The highest BCUT2D eigenvalue weighted by atomic mass is 15.2. The molecular weight excluding hydrogens is 246 g/mol. The fraction of sp³-hybridized carbons (Fsp3) is 0.647. The Labute approximate surface area is 124 Å². The Morgan fingerprint density at radius 1 is 1.15 bits per heavy atom. The van der Waals surface area contributed by atoms with Gasteiger partial charge in [-0.1, -0.05) is 37.3 Å². The molecule has 3 nitrogen and oxygen atoms in total. The average molecular weight is 275 g/mol. The molecule has 1 N–H and O–H groups in total. The largest absolute Gasteiger partial charge is 0.314 e. The van der Waals surface area contributed by atoms with Crippen molar-refractivity contribution >= 4 is 0 Å².